The second-order valence-corrected chi connectivity index (χ2v) is 4.83. The summed E-state index contributed by atoms with van der Waals surface area (Å²) in [4.78, 5) is 0. The van der Waals surface area contributed by atoms with Crippen molar-refractivity contribution in [3.05, 3.63) is 18.5 Å². The normalized spacial score (nSPS) is 29.1. The van der Waals surface area contributed by atoms with Crippen molar-refractivity contribution in [2.45, 2.75) is 26.8 Å². The van der Waals surface area contributed by atoms with Crippen LogP contribution in [-0.4, -0.2) is 16.3 Å². The molecule has 1 fully saturated rings. The molecule has 14 heavy (non-hydrogen) atoms. The molecule has 1 aromatic heterocycles. The highest BCUT2D eigenvalue weighted by atomic mass is 15.3. The van der Waals surface area contributed by atoms with Gasteiger partial charge in [-0.2, -0.15) is 5.10 Å². The highest BCUT2D eigenvalue weighted by molar-refractivity contribution is 5.04. The Labute approximate surface area is 85.3 Å². The molecule has 2 N–H and O–H groups in total. The van der Waals surface area contributed by atoms with E-state index in [2.05, 4.69) is 18.9 Å². The van der Waals surface area contributed by atoms with E-state index in [9.17, 15) is 0 Å². The van der Waals surface area contributed by atoms with Gasteiger partial charge < -0.3 is 5.73 Å². The van der Waals surface area contributed by atoms with Crippen LogP contribution >= 0.6 is 0 Å². The average Bonchev–Trinajstić information content (AvgIpc) is 2.57. The first-order chi connectivity index (χ1) is 6.66. The summed E-state index contributed by atoms with van der Waals surface area (Å²) in [5, 5.41) is 4.20. The Morgan fingerprint density at radius 1 is 1.43 bits per heavy atom. The van der Waals surface area contributed by atoms with E-state index in [-0.39, 0.29) is 0 Å². The van der Waals surface area contributed by atoms with Crippen LogP contribution in [0, 0.1) is 17.3 Å². The first kappa shape index (κ1) is 9.71. The highest BCUT2D eigenvalue weighted by Crippen LogP contribution is 2.59. The van der Waals surface area contributed by atoms with E-state index in [1.807, 2.05) is 23.1 Å². The maximum atomic E-state index is 5.73. The lowest BCUT2D eigenvalue weighted by Crippen LogP contribution is -2.05. The van der Waals surface area contributed by atoms with Gasteiger partial charge >= 0.3 is 0 Å². The Hall–Kier alpha value is -0.830. The van der Waals surface area contributed by atoms with Crippen molar-refractivity contribution in [1.29, 1.82) is 0 Å². The molecule has 0 saturated heterocycles. The Balaban J connectivity index is 1.83. The van der Waals surface area contributed by atoms with Crippen LogP contribution in [0.5, 0.6) is 0 Å². The van der Waals surface area contributed by atoms with Crippen molar-refractivity contribution in [3.8, 4) is 0 Å². The summed E-state index contributed by atoms with van der Waals surface area (Å²) < 4.78 is 2.00. The molecule has 1 aliphatic carbocycles. The number of rotatable bonds is 4. The van der Waals surface area contributed by atoms with Gasteiger partial charge in [0.25, 0.3) is 0 Å². The standard InChI is InChI=1S/C11H19N3/c1-11(2)9(10(11)8-12)4-7-14-6-3-5-13-14/h3,5-6,9-10H,4,7-8,12H2,1-2H3/t9-,10-/m1/s1. The van der Waals surface area contributed by atoms with Crippen LogP contribution in [0.25, 0.3) is 0 Å². The van der Waals surface area contributed by atoms with Crippen molar-refractivity contribution in [3.63, 3.8) is 0 Å². The Kier molecular flexibility index (Phi) is 2.35. The molecule has 0 spiro atoms. The molecule has 1 saturated carbocycles. The van der Waals surface area contributed by atoms with Crippen LogP contribution < -0.4 is 5.73 Å². The fourth-order valence-electron chi connectivity index (χ4n) is 2.60. The summed E-state index contributed by atoms with van der Waals surface area (Å²) >= 11 is 0. The molecule has 1 aromatic rings. The third kappa shape index (κ3) is 1.57. The molecule has 0 bridgehead atoms. The number of hydrogen-bond acceptors (Lipinski definition) is 2. The molecule has 1 heterocycles. The van der Waals surface area contributed by atoms with Crippen LogP contribution in [-0.2, 0) is 6.54 Å². The number of aromatic nitrogens is 2. The first-order valence-electron chi connectivity index (χ1n) is 5.33. The monoisotopic (exact) mass is 193 g/mol. The quantitative estimate of drug-likeness (QED) is 0.787. The van der Waals surface area contributed by atoms with E-state index in [1.54, 1.807) is 0 Å². The van der Waals surface area contributed by atoms with E-state index < -0.39 is 0 Å². The third-order valence-electron chi connectivity index (χ3n) is 3.77. The summed E-state index contributed by atoms with van der Waals surface area (Å²) in [6.07, 6.45) is 5.06. The molecular formula is C11H19N3. The lowest BCUT2D eigenvalue weighted by molar-refractivity contribution is 0.476. The van der Waals surface area contributed by atoms with Crippen LogP contribution in [0.1, 0.15) is 20.3 Å². The molecule has 0 aliphatic heterocycles. The number of nitrogens with zero attached hydrogens (tertiary/aromatic N) is 2. The predicted octanol–water partition coefficient (Wildman–Crippen LogP) is 1.50. The van der Waals surface area contributed by atoms with Crippen LogP contribution in [0.15, 0.2) is 18.5 Å². The Bertz CT molecular complexity index is 289. The zero-order chi connectivity index (χ0) is 10.2. The van der Waals surface area contributed by atoms with Crippen molar-refractivity contribution in [2.24, 2.45) is 23.0 Å². The second kappa shape index (κ2) is 3.39. The summed E-state index contributed by atoms with van der Waals surface area (Å²) in [6, 6.07) is 1.97. The van der Waals surface area contributed by atoms with Gasteiger partial charge in [-0.05, 0) is 36.3 Å². The lowest BCUT2D eigenvalue weighted by atomic mass is 10.1. The zero-order valence-corrected chi connectivity index (χ0v) is 8.98. The Morgan fingerprint density at radius 2 is 2.21 bits per heavy atom. The smallest absolute Gasteiger partial charge is 0.0489 e. The molecule has 78 valence electrons. The molecule has 3 nitrogen and oxygen atoms in total. The van der Waals surface area contributed by atoms with Crippen LogP contribution in [0.4, 0.5) is 0 Å². The van der Waals surface area contributed by atoms with Crippen molar-refractivity contribution < 1.29 is 0 Å². The maximum Gasteiger partial charge on any atom is 0.0489 e. The number of hydrogen-bond donors (Lipinski definition) is 1. The van der Waals surface area contributed by atoms with Gasteiger partial charge in [-0.1, -0.05) is 13.8 Å². The summed E-state index contributed by atoms with van der Waals surface area (Å²) in [7, 11) is 0. The maximum absolute atomic E-state index is 5.73. The van der Waals surface area contributed by atoms with Crippen LogP contribution in [0.2, 0.25) is 0 Å². The van der Waals surface area contributed by atoms with Gasteiger partial charge in [-0.25, -0.2) is 0 Å². The fraction of sp³-hybridized carbons (Fsp3) is 0.727. The first-order valence-corrected chi connectivity index (χ1v) is 5.33. The summed E-state index contributed by atoms with van der Waals surface area (Å²) in [5.74, 6) is 1.51. The van der Waals surface area contributed by atoms with E-state index in [1.165, 1.54) is 6.42 Å². The fourth-order valence-corrected chi connectivity index (χ4v) is 2.60. The molecule has 2 rings (SSSR count). The minimum Gasteiger partial charge on any atom is -0.330 e. The van der Waals surface area contributed by atoms with Gasteiger partial charge in [0.15, 0.2) is 0 Å². The lowest BCUT2D eigenvalue weighted by Gasteiger charge is -2.02. The molecule has 2 atom stereocenters. The van der Waals surface area contributed by atoms with Gasteiger partial charge in [0.2, 0.25) is 0 Å². The zero-order valence-electron chi connectivity index (χ0n) is 8.98. The van der Waals surface area contributed by atoms with Gasteiger partial charge in [0.1, 0.15) is 0 Å². The van der Waals surface area contributed by atoms with E-state index in [0.29, 0.717) is 5.41 Å². The topological polar surface area (TPSA) is 43.8 Å². The highest BCUT2D eigenvalue weighted by Gasteiger charge is 2.55. The Morgan fingerprint density at radius 3 is 2.71 bits per heavy atom. The molecule has 1 aliphatic rings. The molecule has 0 amide bonds. The molecule has 0 unspecified atom stereocenters. The number of aryl methyl sites for hydroxylation is 1. The minimum absolute atomic E-state index is 0.460. The van der Waals surface area contributed by atoms with Crippen LogP contribution in [0.3, 0.4) is 0 Å². The van der Waals surface area contributed by atoms with Crippen molar-refractivity contribution >= 4 is 0 Å². The van der Waals surface area contributed by atoms with Gasteiger partial charge in [-0.15, -0.1) is 0 Å². The molecular weight excluding hydrogens is 174 g/mol. The summed E-state index contributed by atoms with van der Waals surface area (Å²) in [5.41, 5.74) is 6.19. The molecule has 0 aromatic carbocycles. The van der Waals surface area contributed by atoms with Crippen molar-refractivity contribution in [2.75, 3.05) is 6.54 Å². The summed E-state index contributed by atoms with van der Waals surface area (Å²) in [6.45, 7) is 6.49. The molecule has 3 heteroatoms. The average molecular weight is 193 g/mol. The largest absolute Gasteiger partial charge is 0.330 e. The van der Waals surface area contributed by atoms with Gasteiger partial charge in [0, 0.05) is 18.9 Å². The van der Waals surface area contributed by atoms with E-state index >= 15 is 0 Å². The number of nitrogens with two attached hydrogens (primary N) is 1. The second-order valence-electron chi connectivity index (χ2n) is 4.83. The van der Waals surface area contributed by atoms with Gasteiger partial charge in [0.05, 0.1) is 0 Å². The van der Waals surface area contributed by atoms with E-state index in [0.717, 1.165) is 24.9 Å². The SMILES string of the molecule is CC1(C)[C@H](CN)[C@H]1CCn1cccn1. The third-order valence-corrected chi connectivity index (χ3v) is 3.77. The van der Waals surface area contributed by atoms with Gasteiger partial charge in [-0.3, -0.25) is 4.68 Å². The molecule has 0 radical (unpaired) electrons. The predicted molar refractivity (Wildman–Crippen MR) is 56.7 cm³/mol. The minimum atomic E-state index is 0.460. The van der Waals surface area contributed by atoms with E-state index in [4.69, 9.17) is 5.73 Å². The van der Waals surface area contributed by atoms with Crippen molar-refractivity contribution in [1.82, 2.24) is 9.78 Å².